The maximum absolute atomic E-state index is 12.6. The molecule has 5 aromatic carbocycles. The lowest BCUT2D eigenvalue weighted by molar-refractivity contribution is -0.384. The number of phenolic OH excluding ortho intramolecular Hbond substituents is 1. The molecule has 0 aromatic heterocycles. The summed E-state index contributed by atoms with van der Waals surface area (Å²) in [6.07, 6.45) is 0. The summed E-state index contributed by atoms with van der Waals surface area (Å²) in [5.74, 6) is -0.0489. The van der Waals surface area contributed by atoms with Gasteiger partial charge in [0.05, 0.1) is 15.5 Å². The summed E-state index contributed by atoms with van der Waals surface area (Å²) < 4.78 is 6.20. The van der Waals surface area contributed by atoms with Crippen molar-refractivity contribution in [2.75, 3.05) is 0 Å². The Bertz CT molecular complexity index is 1570. The van der Waals surface area contributed by atoms with E-state index in [0.717, 1.165) is 5.56 Å². The van der Waals surface area contributed by atoms with Gasteiger partial charge in [0.15, 0.2) is 0 Å². The normalized spacial score (nSPS) is 11.2. The average Bonchev–Trinajstić information content (AvgIpc) is 2.97. The topological polar surface area (TPSA) is 92.8 Å². The Morgan fingerprint density at radius 1 is 0.769 bits per heavy atom. The molecule has 5 aromatic rings. The molecule has 6 nitrogen and oxygen atoms in total. The number of hydrogen-bond acceptors (Lipinski definition) is 5. The third kappa shape index (κ3) is 5.08. The van der Waals surface area contributed by atoms with Gasteiger partial charge in [-0.05, 0) is 28.8 Å². The van der Waals surface area contributed by atoms with Crippen LogP contribution in [0.4, 0.5) is 5.69 Å². The highest BCUT2D eigenvalue weighted by Crippen LogP contribution is 2.51. The maximum Gasteiger partial charge on any atom is 0.278 e. The minimum Gasteiger partial charge on any atom is -0.508 e. The van der Waals surface area contributed by atoms with E-state index in [2.05, 4.69) is 0 Å². The minimum atomic E-state index is -1.84. The molecule has 0 aliphatic carbocycles. The summed E-state index contributed by atoms with van der Waals surface area (Å²) in [5.41, 5.74) is 0.196. The molecular formula is C32H24ClNO5. The lowest BCUT2D eigenvalue weighted by atomic mass is 9.76. The minimum absolute atomic E-state index is 0.0764. The first kappa shape index (κ1) is 26.0. The molecule has 0 aliphatic rings. The Morgan fingerprint density at radius 2 is 1.33 bits per heavy atom. The number of rotatable bonds is 8. The van der Waals surface area contributed by atoms with Gasteiger partial charge in [-0.3, -0.25) is 10.1 Å². The third-order valence-corrected chi connectivity index (χ3v) is 6.85. The standard InChI is InChI=1S/C32H24ClNO5/c33-27-17-10-18-28(34(37)38)31(27)30-26(19-25(35)20-29(30)39-21-22-11-4-1-5-12-22)32(36,23-13-6-2-7-14-23)24-15-8-3-9-16-24/h1-20,35-36H,21H2. The van der Waals surface area contributed by atoms with Gasteiger partial charge in [0.2, 0.25) is 0 Å². The molecule has 0 radical (unpaired) electrons. The zero-order valence-corrected chi connectivity index (χ0v) is 21.5. The number of ether oxygens (including phenoxy) is 1. The van der Waals surface area contributed by atoms with Crippen molar-refractivity contribution in [3.05, 3.63) is 159 Å². The molecule has 194 valence electrons. The molecule has 0 fully saturated rings. The monoisotopic (exact) mass is 537 g/mol. The van der Waals surface area contributed by atoms with Gasteiger partial charge in [0, 0.05) is 23.3 Å². The third-order valence-electron chi connectivity index (χ3n) is 6.54. The molecule has 0 atom stereocenters. The number of halogens is 1. The van der Waals surface area contributed by atoms with Gasteiger partial charge in [-0.1, -0.05) is 109 Å². The smallest absolute Gasteiger partial charge is 0.278 e. The summed E-state index contributed by atoms with van der Waals surface area (Å²) in [6.45, 7) is 0.115. The van der Waals surface area contributed by atoms with E-state index in [1.807, 2.05) is 42.5 Å². The predicted molar refractivity (Wildman–Crippen MR) is 151 cm³/mol. The fourth-order valence-corrected chi connectivity index (χ4v) is 5.01. The van der Waals surface area contributed by atoms with Crippen LogP contribution in [0.15, 0.2) is 121 Å². The van der Waals surface area contributed by atoms with Crippen LogP contribution in [0.2, 0.25) is 5.02 Å². The Hall–Kier alpha value is -4.65. The number of nitro groups is 1. The van der Waals surface area contributed by atoms with Gasteiger partial charge < -0.3 is 14.9 Å². The molecule has 0 aliphatic heterocycles. The van der Waals surface area contributed by atoms with Crippen LogP contribution in [0.25, 0.3) is 11.1 Å². The molecule has 0 saturated carbocycles. The molecule has 0 saturated heterocycles. The van der Waals surface area contributed by atoms with Gasteiger partial charge in [-0.15, -0.1) is 0 Å². The molecule has 0 spiro atoms. The maximum atomic E-state index is 12.6. The van der Waals surface area contributed by atoms with Crippen LogP contribution < -0.4 is 4.74 Å². The van der Waals surface area contributed by atoms with E-state index < -0.39 is 10.5 Å². The Morgan fingerprint density at radius 3 is 1.90 bits per heavy atom. The van der Waals surface area contributed by atoms with E-state index in [1.165, 1.54) is 24.3 Å². The van der Waals surface area contributed by atoms with Crippen molar-refractivity contribution in [2.45, 2.75) is 12.2 Å². The van der Waals surface area contributed by atoms with E-state index in [-0.39, 0.29) is 45.5 Å². The molecular weight excluding hydrogens is 514 g/mol. The first-order chi connectivity index (χ1) is 18.9. The van der Waals surface area contributed by atoms with Gasteiger partial charge in [0.25, 0.3) is 5.69 Å². The number of aliphatic hydroxyl groups is 1. The van der Waals surface area contributed by atoms with Crippen molar-refractivity contribution < 1.29 is 19.9 Å². The predicted octanol–water partition coefficient (Wildman–Crippen LogP) is 7.48. The van der Waals surface area contributed by atoms with Gasteiger partial charge >= 0.3 is 0 Å². The zero-order chi connectivity index (χ0) is 27.4. The lowest BCUT2D eigenvalue weighted by Gasteiger charge is -2.33. The molecule has 0 unspecified atom stereocenters. The van der Waals surface area contributed by atoms with Gasteiger partial charge in [-0.25, -0.2) is 0 Å². The van der Waals surface area contributed by atoms with E-state index in [9.17, 15) is 20.3 Å². The van der Waals surface area contributed by atoms with E-state index >= 15 is 0 Å². The van der Waals surface area contributed by atoms with Gasteiger partial charge in [-0.2, -0.15) is 0 Å². The van der Waals surface area contributed by atoms with Crippen LogP contribution in [0.3, 0.4) is 0 Å². The van der Waals surface area contributed by atoms with Crippen molar-refractivity contribution in [3.63, 3.8) is 0 Å². The highest BCUT2D eigenvalue weighted by Gasteiger charge is 2.39. The Labute approximate surface area is 230 Å². The molecule has 0 bridgehead atoms. The van der Waals surface area contributed by atoms with Crippen LogP contribution in [-0.2, 0) is 12.2 Å². The van der Waals surface area contributed by atoms with Crippen molar-refractivity contribution in [3.8, 4) is 22.6 Å². The Kier molecular flexibility index (Phi) is 7.32. The summed E-state index contributed by atoms with van der Waals surface area (Å²) >= 11 is 6.65. The number of hydrogen-bond donors (Lipinski definition) is 2. The second kappa shape index (κ2) is 11.0. The lowest BCUT2D eigenvalue weighted by Crippen LogP contribution is -2.30. The number of benzene rings is 5. The molecule has 0 heterocycles. The van der Waals surface area contributed by atoms with Crippen molar-refractivity contribution >= 4 is 17.3 Å². The van der Waals surface area contributed by atoms with Crippen LogP contribution in [0.5, 0.6) is 11.5 Å². The second-order valence-corrected chi connectivity index (χ2v) is 9.38. The summed E-state index contributed by atoms with van der Waals surface area (Å²) in [5, 5.41) is 35.9. The number of nitrogens with zero attached hydrogens (tertiary/aromatic N) is 1. The van der Waals surface area contributed by atoms with Crippen molar-refractivity contribution in [1.82, 2.24) is 0 Å². The van der Waals surface area contributed by atoms with E-state index in [1.54, 1.807) is 54.6 Å². The SMILES string of the molecule is O=[N+]([O-])c1cccc(Cl)c1-c1c(OCc2ccccc2)cc(O)cc1C(O)(c1ccccc1)c1ccccc1. The molecule has 5 rings (SSSR count). The average molecular weight is 538 g/mol. The molecule has 7 heteroatoms. The van der Waals surface area contributed by atoms with Crippen LogP contribution in [0, 0.1) is 10.1 Å². The van der Waals surface area contributed by atoms with Crippen LogP contribution >= 0.6 is 11.6 Å². The molecule has 0 amide bonds. The first-order valence-electron chi connectivity index (χ1n) is 12.2. The Balaban J connectivity index is 1.86. The fourth-order valence-electron chi connectivity index (χ4n) is 4.74. The summed E-state index contributed by atoms with van der Waals surface area (Å²) in [7, 11) is 0. The molecule has 39 heavy (non-hydrogen) atoms. The number of nitro benzene ring substituents is 1. The van der Waals surface area contributed by atoms with Crippen LogP contribution in [-0.4, -0.2) is 15.1 Å². The largest absolute Gasteiger partial charge is 0.508 e. The highest BCUT2D eigenvalue weighted by molar-refractivity contribution is 6.34. The van der Waals surface area contributed by atoms with Crippen LogP contribution in [0.1, 0.15) is 22.3 Å². The summed E-state index contributed by atoms with van der Waals surface area (Å²) in [6, 6.07) is 34.4. The summed E-state index contributed by atoms with van der Waals surface area (Å²) in [4.78, 5) is 11.7. The highest BCUT2D eigenvalue weighted by atomic mass is 35.5. The first-order valence-corrected chi connectivity index (χ1v) is 12.6. The van der Waals surface area contributed by atoms with Crippen molar-refractivity contribution in [2.24, 2.45) is 0 Å². The van der Waals surface area contributed by atoms with E-state index in [4.69, 9.17) is 16.3 Å². The quantitative estimate of drug-likeness (QED) is 0.121. The van der Waals surface area contributed by atoms with E-state index in [0.29, 0.717) is 11.1 Å². The second-order valence-electron chi connectivity index (χ2n) is 8.97. The number of phenols is 1. The zero-order valence-electron chi connectivity index (χ0n) is 20.7. The number of aromatic hydroxyl groups is 1. The van der Waals surface area contributed by atoms with Crippen molar-refractivity contribution in [1.29, 1.82) is 0 Å². The molecule has 2 N–H and O–H groups in total. The fraction of sp³-hybridized carbons (Fsp3) is 0.0625. The van der Waals surface area contributed by atoms with Gasteiger partial charge in [0.1, 0.15) is 23.7 Å².